The third-order valence-electron chi connectivity index (χ3n) is 3.71. The first-order valence-electron chi connectivity index (χ1n) is 6.66. The predicted molar refractivity (Wildman–Crippen MR) is 69.5 cm³/mol. The lowest BCUT2D eigenvalue weighted by Crippen LogP contribution is -2.54. The van der Waals surface area contributed by atoms with Gasteiger partial charge in [-0.05, 0) is 43.6 Å². The molecule has 0 unspecified atom stereocenters. The van der Waals surface area contributed by atoms with Crippen molar-refractivity contribution in [1.29, 1.82) is 0 Å². The topological polar surface area (TPSA) is 18.5 Å². The first kappa shape index (κ1) is 12.8. The van der Waals surface area contributed by atoms with Gasteiger partial charge in [0.25, 0.3) is 0 Å². The van der Waals surface area contributed by atoms with E-state index in [1.54, 1.807) is 0 Å². The number of rotatable bonds is 4. The van der Waals surface area contributed by atoms with Crippen molar-refractivity contribution in [2.24, 2.45) is 5.41 Å². The molecule has 1 saturated heterocycles. The first-order valence-corrected chi connectivity index (χ1v) is 6.66. The summed E-state index contributed by atoms with van der Waals surface area (Å²) in [5.74, 6) is -0.439. The van der Waals surface area contributed by atoms with Gasteiger partial charge in [0.1, 0.15) is 0 Å². The van der Waals surface area contributed by atoms with Crippen LogP contribution in [0.15, 0.2) is 24.3 Å². The van der Waals surface area contributed by atoms with Crippen LogP contribution in [-0.2, 0) is 9.47 Å². The molecule has 0 saturated carbocycles. The molecule has 96 valence electrons. The van der Waals surface area contributed by atoms with Crippen LogP contribution in [0.3, 0.4) is 0 Å². The summed E-state index contributed by atoms with van der Waals surface area (Å²) in [7, 11) is 0. The summed E-state index contributed by atoms with van der Waals surface area (Å²) in [5, 5.41) is 0. The molecule has 0 bridgehead atoms. The van der Waals surface area contributed by atoms with E-state index >= 15 is 0 Å². The van der Waals surface area contributed by atoms with E-state index in [4.69, 9.17) is 9.47 Å². The third-order valence-corrected chi connectivity index (χ3v) is 3.71. The van der Waals surface area contributed by atoms with Crippen LogP contribution in [0.25, 0.3) is 0 Å². The lowest BCUT2D eigenvalue weighted by Gasteiger charge is -2.49. The van der Waals surface area contributed by atoms with E-state index in [0.717, 1.165) is 19.3 Å². The van der Waals surface area contributed by atoms with Crippen molar-refractivity contribution in [2.75, 3.05) is 0 Å². The van der Waals surface area contributed by atoms with Gasteiger partial charge in [-0.15, -0.1) is 6.58 Å². The van der Waals surface area contributed by atoms with Crippen LogP contribution in [0.1, 0.15) is 52.9 Å². The van der Waals surface area contributed by atoms with E-state index in [1.165, 1.54) is 18.4 Å². The smallest absolute Gasteiger partial charge is 0.196 e. The van der Waals surface area contributed by atoms with Gasteiger partial charge in [0.2, 0.25) is 0 Å². The monoisotopic (exact) mass is 236 g/mol. The molecule has 2 rings (SSSR count). The van der Waals surface area contributed by atoms with Crippen LogP contribution in [0.2, 0.25) is 0 Å². The molecule has 1 aliphatic carbocycles. The highest BCUT2D eigenvalue weighted by atomic mass is 16.9. The van der Waals surface area contributed by atoms with Gasteiger partial charge in [0, 0.05) is 6.42 Å². The fraction of sp³-hybridized carbons (Fsp3) is 0.733. The Kier molecular flexibility index (Phi) is 3.46. The molecule has 0 radical (unpaired) electrons. The quantitative estimate of drug-likeness (QED) is 0.682. The Balaban J connectivity index is 2.16. The largest absolute Gasteiger partial charge is 0.317 e. The first-order chi connectivity index (χ1) is 7.97. The summed E-state index contributed by atoms with van der Waals surface area (Å²) >= 11 is 0. The van der Waals surface area contributed by atoms with E-state index in [9.17, 15) is 0 Å². The van der Waals surface area contributed by atoms with Gasteiger partial charge in [-0.3, -0.25) is 0 Å². The van der Waals surface area contributed by atoms with Gasteiger partial charge in [-0.25, -0.2) is 0 Å². The summed E-state index contributed by atoms with van der Waals surface area (Å²) in [6.07, 6.45) is 9.66. The van der Waals surface area contributed by atoms with Crippen molar-refractivity contribution in [1.82, 2.24) is 0 Å². The summed E-state index contributed by atoms with van der Waals surface area (Å²) < 4.78 is 11.8. The van der Waals surface area contributed by atoms with E-state index in [0.29, 0.717) is 0 Å². The summed E-state index contributed by atoms with van der Waals surface area (Å²) in [6.45, 7) is 10.3. The lowest BCUT2D eigenvalue weighted by atomic mass is 9.76. The minimum atomic E-state index is -0.439. The summed E-state index contributed by atoms with van der Waals surface area (Å²) in [6, 6.07) is 0. The normalized spacial score (nSPS) is 35.9. The summed E-state index contributed by atoms with van der Waals surface area (Å²) in [4.78, 5) is 0. The van der Waals surface area contributed by atoms with Gasteiger partial charge in [0.15, 0.2) is 12.1 Å². The van der Waals surface area contributed by atoms with E-state index in [1.807, 2.05) is 13.0 Å². The highest BCUT2D eigenvalue weighted by Gasteiger charge is 2.48. The highest BCUT2D eigenvalue weighted by molar-refractivity contribution is 5.21. The van der Waals surface area contributed by atoms with E-state index < -0.39 is 5.79 Å². The van der Waals surface area contributed by atoms with Gasteiger partial charge in [-0.2, -0.15) is 0 Å². The van der Waals surface area contributed by atoms with Crippen LogP contribution in [-0.4, -0.2) is 12.1 Å². The number of hydrogen-bond donors (Lipinski definition) is 0. The molecular weight excluding hydrogens is 212 g/mol. The maximum Gasteiger partial charge on any atom is 0.196 e. The molecule has 0 amide bonds. The van der Waals surface area contributed by atoms with Crippen LogP contribution in [0.4, 0.5) is 0 Å². The number of hydrogen-bond acceptors (Lipinski definition) is 2. The van der Waals surface area contributed by atoms with Crippen molar-refractivity contribution in [3.63, 3.8) is 0 Å². The molecule has 0 aromatic heterocycles. The van der Waals surface area contributed by atoms with Gasteiger partial charge < -0.3 is 9.47 Å². The Labute approximate surface area is 105 Å². The van der Waals surface area contributed by atoms with Crippen LogP contribution in [0.5, 0.6) is 0 Å². The maximum atomic E-state index is 5.92. The van der Waals surface area contributed by atoms with Gasteiger partial charge >= 0.3 is 0 Å². The van der Waals surface area contributed by atoms with Crippen LogP contribution < -0.4 is 0 Å². The van der Waals surface area contributed by atoms with Crippen molar-refractivity contribution < 1.29 is 9.47 Å². The van der Waals surface area contributed by atoms with Crippen LogP contribution in [0, 0.1) is 5.41 Å². The molecule has 0 aromatic carbocycles. The highest BCUT2D eigenvalue weighted by Crippen LogP contribution is 2.46. The Morgan fingerprint density at radius 1 is 1.47 bits per heavy atom. The Hall–Kier alpha value is -0.600. The second-order valence-corrected chi connectivity index (χ2v) is 5.90. The zero-order valence-corrected chi connectivity index (χ0v) is 11.3. The SMILES string of the molecule is C=CCCC1(C2=CC(C)(C)CCC2)OC(C)O1. The Morgan fingerprint density at radius 2 is 2.18 bits per heavy atom. The molecule has 0 N–H and O–H groups in total. The van der Waals surface area contributed by atoms with E-state index in [-0.39, 0.29) is 11.7 Å². The fourth-order valence-corrected chi connectivity index (χ4v) is 2.92. The molecule has 0 spiro atoms. The molecule has 2 heteroatoms. The number of allylic oxidation sites excluding steroid dienone is 2. The third kappa shape index (κ3) is 2.63. The minimum Gasteiger partial charge on any atom is -0.317 e. The molecule has 1 heterocycles. The van der Waals surface area contributed by atoms with Crippen molar-refractivity contribution in [3.8, 4) is 0 Å². The van der Waals surface area contributed by atoms with Gasteiger partial charge in [0.05, 0.1) is 0 Å². The molecule has 1 aliphatic heterocycles. The predicted octanol–water partition coefficient (Wildman–Crippen LogP) is 4.18. The Bertz CT molecular complexity index is 322. The maximum absolute atomic E-state index is 5.92. The van der Waals surface area contributed by atoms with Crippen molar-refractivity contribution in [2.45, 2.75) is 65.0 Å². The summed E-state index contributed by atoms with van der Waals surface area (Å²) in [5.41, 5.74) is 1.62. The van der Waals surface area contributed by atoms with Crippen molar-refractivity contribution in [3.05, 3.63) is 24.3 Å². The molecule has 1 fully saturated rings. The Morgan fingerprint density at radius 3 is 2.71 bits per heavy atom. The number of ether oxygens (including phenoxy) is 2. The minimum absolute atomic E-state index is 0.0641. The second-order valence-electron chi connectivity index (χ2n) is 5.90. The van der Waals surface area contributed by atoms with Crippen LogP contribution >= 0.6 is 0 Å². The lowest BCUT2D eigenvalue weighted by molar-refractivity contribution is -0.430. The fourth-order valence-electron chi connectivity index (χ4n) is 2.92. The zero-order chi connectivity index (χ0) is 12.5. The molecule has 2 aliphatic rings. The van der Waals surface area contributed by atoms with Gasteiger partial charge in [-0.1, -0.05) is 26.0 Å². The molecule has 2 nitrogen and oxygen atoms in total. The second kappa shape index (κ2) is 4.58. The van der Waals surface area contributed by atoms with Crippen molar-refractivity contribution >= 4 is 0 Å². The standard InChI is InChI=1S/C15H24O2/c1-5-6-10-15(16-12(2)17-15)13-8-7-9-14(3,4)11-13/h5,11-12H,1,6-10H2,2-4H3. The zero-order valence-electron chi connectivity index (χ0n) is 11.3. The average Bonchev–Trinajstić information content (AvgIpc) is 2.21. The molecular formula is C15H24O2. The van der Waals surface area contributed by atoms with E-state index in [2.05, 4.69) is 26.5 Å². The molecule has 0 atom stereocenters. The molecule has 0 aromatic rings. The molecule has 17 heavy (non-hydrogen) atoms. The average molecular weight is 236 g/mol.